The van der Waals surface area contributed by atoms with Gasteiger partial charge in [0.05, 0.1) is 18.8 Å². The molecule has 0 spiro atoms. The summed E-state index contributed by atoms with van der Waals surface area (Å²) in [6.07, 6.45) is -0.904. The Hall–Kier alpha value is -2.28. The first kappa shape index (κ1) is 14.1. The average molecular weight is 281 g/mol. The van der Waals surface area contributed by atoms with Crippen LogP contribution in [0.1, 0.15) is 16.8 Å². The number of hydrogen-bond acceptors (Lipinski definition) is 5. The largest absolute Gasteiger partial charge is 0.507 e. The van der Waals surface area contributed by atoms with Crippen molar-refractivity contribution >= 4 is 11.9 Å². The van der Waals surface area contributed by atoms with Crippen molar-refractivity contribution in [1.82, 2.24) is 4.90 Å². The van der Waals surface area contributed by atoms with Gasteiger partial charge >= 0.3 is 5.97 Å². The van der Waals surface area contributed by atoms with E-state index in [1.165, 1.54) is 25.3 Å². The molecular weight excluding hydrogens is 266 g/mol. The van der Waals surface area contributed by atoms with Crippen LogP contribution < -0.4 is 4.74 Å². The third-order valence-corrected chi connectivity index (χ3v) is 3.26. The van der Waals surface area contributed by atoms with E-state index in [4.69, 9.17) is 9.84 Å². The zero-order valence-electron chi connectivity index (χ0n) is 10.8. The van der Waals surface area contributed by atoms with Gasteiger partial charge in [-0.05, 0) is 18.2 Å². The first-order valence-electron chi connectivity index (χ1n) is 6.03. The van der Waals surface area contributed by atoms with E-state index < -0.39 is 24.0 Å². The van der Waals surface area contributed by atoms with Crippen LogP contribution in [0.25, 0.3) is 0 Å². The summed E-state index contributed by atoms with van der Waals surface area (Å²) in [5, 5.41) is 28.4. The van der Waals surface area contributed by atoms with E-state index in [9.17, 15) is 19.8 Å². The van der Waals surface area contributed by atoms with Gasteiger partial charge in [0.1, 0.15) is 17.5 Å². The van der Waals surface area contributed by atoms with Crippen molar-refractivity contribution in [2.45, 2.75) is 18.6 Å². The van der Waals surface area contributed by atoms with E-state index in [1.807, 2.05) is 0 Å². The van der Waals surface area contributed by atoms with Gasteiger partial charge in [-0.2, -0.15) is 0 Å². The Morgan fingerprint density at radius 3 is 2.70 bits per heavy atom. The Balaban J connectivity index is 2.33. The van der Waals surface area contributed by atoms with Crippen LogP contribution in [0, 0.1) is 0 Å². The molecule has 0 aliphatic carbocycles. The van der Waals surface area contributed by atoms with Crippen molar-refractivity contribution in [2.24, 2.45) is 0 Å². The van der Waals surface area contributed by atoms with Gasteiger partial charge in [0.15, 0.2) is 0 Å². The standard InChI is InChI=1S/C13H15NO6/c1-20-8-2-3-11(16)9(5-8)12(17)14-6-7(15)4-10(14)13(18)19/h2-3,5,7,10,15-16H,4,6H2,1H3,(H,18,19)/t7-,10-/m1/s1. The fourth-order valence-corrected chi connectivity index (χ4v) is 2.24. The second kappa shape index (κ2) is 5.38. The van der Waals surface area contributed by atoms with Gasteiger partial charge in [0, 0.05) is 13.0 Å². The summed E-state index contributed by atoms with van der Waals surface area (Å²) in [6, 6.07) is 3.03. The number of aliphatic hydroxyl groups is 1. The molecule has 0 saturated carbocycles. The lowest BCUT2D eigenvalue weighted by atomic mass is 10.1. The molecule has 0 bridgehead atoms. The number of aliphatic carboxylic acids is 1. The van der Waals surface area contributed by atoms with Crippen molar-refractivity contribution in [3.8, 4) is 11.5 Å². The number of likely N-dealkylation sites (tertiary alicyclic amines) is 1. The number of nitrogens with zero attached hydrogens (tertiary/aromatic N) is 1. The molecule has 0 unspecified atom stereocenters. The molecule has 1 fully saturated rings. The number of phenolic OH excluding ortho intramolecular Hbond substituents is 1. The SMILES string of the molecule is COc1ccc(O)c(C(=O)N2C[C@H](O)C[C@@H]2C(=O)O)c1. The second-order valence-electron chi connectivity index (χ2n) is 4.58. The zero-order valence-corrected chi connectivity index (χ0v) is 10.8. The summed E-state index contributed by atoms with van der Waals surface area (Å²) in [5.41, 5.74) is -0.0512. The molecule has 7 heteroatoms. The van der Waals surface area contributed by atoms with Gasteiger partial charge in [0.25, 0.3) is 5.91 Å². The number of aliphatic hydroxyl groups excluding tert-OH is 1. The number of carboxylic acid groups (broad SMARTS) is 1. The molecule has 2 atom stereocenters. The average Bonchev–Trinajstić information content (AvgIpc) is 2.81. The summed E-state index contributed by atoms with van der Waals surface area (Å²) < 4.78 is 4.97. The predicted octanol–water partition coefficient (Wildman–Crippen LogP) is 0.0608. The molecule has 1 amide bonds. The van der Waals surface area contributed by atoms with E-state index in [2.05, 4.69) is 0 Å². The predicted molar refractivity (Wildman–Crippen MR) is 67.7 cm³/mol. The van der Waals surface area contributed by atoms with Crippen LogP contribution in [0.2, 0.25) is 0 Å². The smallest absolute Gasteiger partial charge is 0.326 e. The van der Waals surface area contributed by atoms with Crippen LogP contribution in [-0.4, -0.2) is 57.9 Å². The third-order valence-electron chi connectivity index (χ3n) is 3.26. The number of aromatic hydroxyl groups is 1. The van der Waals surface area contributed by atoms with E-state index in [-0.39, 0.29) is 24.3 Å². The normalized spacial score (nSPS) is 21.8. The Labute approximate surface area is 115 Å². The fourth-order valence-electron chi connectivity index (χ4n) is 2.24. The van der Waals surface area contributed by atoms with Gasteiger partial charge in [-0.25, -0.2) is 4.79 Å². The molecule has 1 aliphatic heterocycles. The van der Waals surface area contributed by atoms with Crippen molar-refractivity contribution < 1.29 is 29.6 Å². The monoisotopic (exact) mass is 281 g/mol. The van der Waals surface area contributed by atoms with Gasteiger partial charge in [-0.1, -0.05) is 0 Å². The summed E-state index contributed by atoms with van der Waals surface area (Å²) in [4.78, 5) is 24.5. The minimum atomic E-state index is -1.18. The lowest BCUT2D eigenvalue weighted by Crippen LogP contribution is -2.40. The summed E-state index contributed by atoms with van der Waals surface area (Å²) in [7, 11) is 1.42. The maximum atomic E-state index is 12.3. The maximum Gasteiger partial charge on any atom is 0.326 e. The number of methoxy groups -OCH3 is 1. The number of carbonyl (C=O) groups is 2. The van der Waals surface area contributed by atoms with E-state index in [1.54, 1.807) is 0 Å². The molecule has 1 aliphatic rings. The van der Waals surface area contributed by atoms with Crippen molar-refractivity contribution in [3.63, 3.8) is 0 Å². The number of rotatable bonds is 3. The van der Waals surface area contributed by atoms with Gasteiger partial charge in [0.2, 0.25) is 0 Å². The first-order chi connectivity index (χ1) is 9.43. The highest BCUT2D eigenvalue weighted by molar-refractivity contribution is 5.99. The Bertz CT molecular complexity index is 544. The van der Waals surface area contributed by atoms with Crippen LogP contribution in [0.5, 0.6) is 11.5 Å². The van der Waals surface area contributed by atoms with Crippen LogP contribution in [-0.2, 0) is 4.79 Å². The Kier molecular flexibility index (Phi) is 3.80. The molecule has 0 radical (unpaired) electrons. The minimum Gasteiger partial charge on any atom is -0.507 e. The lowest BCUT2D eigenvalue weighted by Gasteiger charge is -2.21. The van der Waals surface area contributed by atoms with Crippen molar-refractivity contribution in [2.75, 3.05) is 13.7 Å². The summed E-state index contributed by atoms with van der Waals surface area (Å²) in [6.45, 7) is -0.0769. The number of phenols is 1. The number of ether oxygens (including phenoxy) is 1. The van der Waals surface area contributed by atoms with Crippen molar-refractivity contribution in [3.05, 3.63) is 23.8 Å². The zero-order chi connectivity index (χ0) is 14.9. The highest BCUT2D eigenvalue weighted by Crippen LogP contribution is 2.27. The van der Waals surface area contributed by atoms with E-state index >= 15 is 0 Å². The molecule has 7 nitrogen and oxygen atoms in total. The molecule has 1 aromatic carbocycles. The molecule has 1 aromatic rings. The highest BCUT2D eigenvalue weighted by atomic mass is 16.5. The fraction of sp³-hybridized carbons (Fsp3) is 0.385. The van der Waals surface area contributed by atoms with Crippen molar-refractivity contribution in [1.29, 1.82) is 0 Å². The van der Waals surface area contributed by atoms with Gasteiger partial charge < -0.3 is 25.0 Å². The summed E-state index contributed by atoms with van der Waals surface area (Å²) in [5.74, 6) is -1.72. The quantitative estimate of drug-likeness (QED) is 0.723. The van der Waals surface area contributed by atoms with Gasteiger partial charge in [-0.15, -0.1) is 0 Å². The molecule has 0 aromatic heterocycles. The molecule has 1 saturated heterocycles. The van der Waals surface area contributed by atoms with Crippen LogP contribution in [0.4, 0.5) is 0 Å². The third kappa shape index (κ3) is 2.53. The second-order valence-corrected chi connectivity index (χ2v) is 4.58. The Morgan fingerprint density at radius 1 is 1.40 bits per heavy atom. The van der Waals surface area contributed by atoms with E-state index in [0.29, 0.717) is 5.75 Å². The molecule has 1 heterocycles. The molecule has 20 heavy (non-hydrogen) atoms. The number of β-amino-alcohol motifs (C(OH)–C–C–N with tert-alkyl or cyclic N) is 1. The number of hydrogen-bond donors (Lipinski definition) is 3. The highest BCUT2D eigenvalue weighted by Gasteiger charge is 2.39. The molecular formula is C13H15NO6. The minimum absolute atomic E-state index is 0.0220. The lowest BCUT2D eigenvalue weighted by molar-refractivity contribution is -0.141. The first-order valence-corrected chi connectivity index (χ1v) is 6.03. The van der Waals surface area contributed by atoms with Gasteiger partial charge in [-0.3, -0.25) is 4.79 Å². The molecule has 3 N–H and O–H groups in total. The van der Waals surface area contributed by atoms with Crippen LogP contribution in [0.15, 0.2) is 18.2 Å². The number of carboxylic acids is 1. The molecule has 108 valence electrons. The number of benzene rings is 1. The van der Waals surface area contributed by atoms with Crippen LogP contribution in [0.3, 0.4) is 0 Å². The Morgan fingerprint density at radius 2 is 2.10 bits per heavy atom. The number of amides is 1. The molecule has 2 rings (SSSR count). The number of carbonyl (C=O) groups excluding carboxylic acids is 1. The summed E-state index contributed by atoms with van der Waals surface area (Å²) >= 11 is 0. The maximum absolute atomic E-state index is 12.3. The topological polar surface area (TPSA) is 107 Å². The van der Waals surface area contributed by atoms with E-state index in [0.717, 1.165) is 4.90 Å². The van der Waals surface area contributed by atoms with Crippen LogP contribution >= 0.6 is 0 Å².